The molecule has 1 aliphatic rings. The van der Waals surface area contributed by atoms with Crippen LogP contribution < -0.4 is 16.7 Å². The van der Waals surface area contributed by atoms with E-state index >= 15 is 0 Å². The first-order valence-electron chi connectivity index (χ1n) is 9.98. The fraction of sp³-hybridized carbons (Fsp3) is 0.190. The van der Waals surface area contributed by atoms with Gasteiger partial charge in [0.25, 0.3) is 11.7 Å². The Morgan fingerprint density at radius 3 is 2.48 bits per heavy atom. The Bertz CT molecular complexity index is 1270. The van der Waals surface area contributed by atoms with Gasteiger partial charge in [-0.2, -0.15) is 5.26 Å². The summed E-state index contributed by atoms with van der Waals surface area (Å²) in [6, 6.07) is 10.9. The summed E-state index contributed by atoms with van der Waals surface area (Å²) in [5.41, 5.74) is 0.550. The van der Waals surface area contributed by atoms with Gasteiger partial charge in [0.05, 0.1) is 28.4 Å². The lowest BCUT2D eigenvalue weighted by molar-refractivity contribution is -0.127. The number of ketones is 1. The van der Waals surface area contributed by atoms with Crippen LogP contribution in [0.5, 0.6) is 0 Å². The number of hydrogen-bond acceptors (Lipinski definition) is 7. The molecule has 1 fully saturated rings. The number of amides is 1. The molecule has 4 rings (SSSR count). The normalized spacial score (nSPS) is 14.3. The van der Waals surface area contributed by atoms with Crippen molar-refractivity contribution in [3.63, 3.8) is 0 Å². The van der Waals surface area contributed by atoms with Crippen molar-refractivity contribution >= 4 is 34.2 Å². The lowest BCUT2D eigenvalue weighted by atomic mass is 10.1. The van der Waals surface area contributed by atoms with E-state index in [-0.39, 0.29) is 35.2 Å². The highest BCUT2D eigenvalue weighted by Crippen LogP contribution is 2.24. The maximum atomic E-state index is 14.3. The lowest BCUT2D eigenvalue weighted by Gasteiger charge is -2.38. The number of guanidine groups is 1. The molecule has 0 bridgehead atoms. The number of aromatic nitrogens is 2. The number of carbonyl (C=O) groups is 2. The number of H-pyrrole nitrogens is 1. The van der Waals surface area contributed by atoms with E-state index in [1.54, 1.807) is 17.0 Å². The summed E-state index contributed by atoms with van der Waals surface area (Å²) in [6.45, 7) is 1.09. The van der Waals surface area contributed by atoms with Gasteiger partial charge in [-0.3, -0.25) is 9.59 Å². The number of nitriles is 1. The Kier molecular flexibility index (Phi) is 5.88. The highest BCUT2D eigenvalue weighted by atomic mass is 19.1. The number of hydrazine groups is 1. The van der Waals surface area contributed by atoms with E-state index in [9.17, 15) is 14.0 Å². The topological polar surface area (TPSA) is 161 Å². The first-order chi connectivity index (χ1) is 16.0. The fourth-order valence-corrected chi connectivity index (χ4v) is 3.74. The largest absolute Gasteiger partial charge is 0.358 e. The molecule has 33 heavy (non-hydrogen) atoms. The zero-order valence-corrected chi connectivity index (χ0v) is 17.4. The second kappa shape index (κ2) is 8.93. The van der Waals surface area contributed by atoms with Crippen LogP contribution in [-0.4, -0.2) is 63.6 Å². The number of Topliss-reactive ketones (excluding diaryl/α,β-unsaturated/α-hetero) is 1. The van der Waals surface area contributed by atoms with Gasteiger partial charge >= 0.3 is 0 Å². The minimum absolute atomic E-state index is 0.0649. The predicted octanol–water partition coefficient (Wildman–Crippen LogP) is 0.511. The molecule has 0 spiro atoms. The van der Waals surface area contributed by atoms with Crippen LogP contribution in [-0.2, 0) is 4.79 Å². The monoisotopic (exact) mass is 449 g/mol. The summed E-state index contributed by atoms with van der Waals surface area (Å²) in [7, 11) is 0. The standard InChI is InChI=1S/C21H20FN9O2/c22-15-12-26-16(10-23)18-17(15)14(11-27-18)19(32)20(33)29-6-8-30(9-7-29)21(28-24)31(25)13-4-2-1-3-5-13/h1-5,11-12,27H,6-9,24-25H2/b28-21-. The Balaban J connectivity index is 1.47. The molecule has 1 aliphatic heterocycles. The van der Waals surface area contributed by atoms with Crippen LogP contribution in [0.2, 0.25) is 0 Å². The first kappa shape index (κ1) is 21.7. The SMILES string of the molecule is N#Cc1ncc(F)c2c(C(=O)C(=O)N3CCN(/C(=N/N)N(N)c4ccccc4)CC3)c[nH]c12. The first-order valence-corrected chi connectivity index (χ1v) is 9.98. The van der Waals surface area contributed by atoms with Gasteiger partial charge in [-0.05, 0) is 12.1 Å². The summed E-state index contributed by atoms with van der Waals surface area (Å²) in [6.07, 6.45) is 2.08. The number of nitrogens with one attached hydrogen (secondary N) is 1. The van der Waals surface area contributed by atoms with Gasteiger partial charge < -0.3 is 20.6 Å². The number of aromatic amines is 1. The van der Waals surface area contributed by atoms with Crippen LogP contribution in [0.1, 0.15) is 16.1 Å². The predicted molar refractivity (Wildman–Crippen MR) is 118 cm³/mol. The zero-order chi connectivity index (χ0) is 23.5. The molecule has 5 N–H and O–H groups in total. The second-order valence-electron chi connectivity index (χ2n) is 7.26. The number of hydrazone groups is 1. The third kappa shape index (κ3) is 3.92. The van der Waals surface area contributed by atoms with Crippen LogP contribution in [0, 0.1) is 17.1 Å². The molecule has 12 heteroatoms. The van der Waals surface area contributed by atoms with Crippen molar-refractivity contribution in [2.45, 2.75) is 0 Å². The number of rotatable bonds is 3. The number of pyridine rings is 1. The summed E-state index contributed by atoms with van der Waals surface area (Å²) < 4.78 is 14.3. The van der Waals surface area contributed by atoms with Crippen LogP contribution in [0.25, 0.3) is 10.9 Å². The molecule has 1 aromatic carbocycles. The van der Waals surface area contributed by atoms with Gasteiger partial charge in [-0.1, -0.05) is 18.2 Å². The summed E-state index contributed by atoms with van der Waals surface area (Å²) in [5.74, 6) is 9.59. The van der Waals surface area contributed by atoms with Crippen molar-refractivity contribution in [2.24, 2.45) is 16.8 Å². The summed E-state index contributed by atoms with van der Waals surface area (Å²) >= 11 is 0. The molecule has 2 aromatic heterocycles. The van der Waals surface area contributed by atoms with Gasteiger partial charge in [0.1, 0.15) is 6.07 Å². The van der Waals surface area contributed by atoms with E-state index in [4.69, 9.17) is 16.9 Å². The Morgan fingerprint density at radius 2 is 1.85 bits per heavy atom. The average Bonchev–Trinajstić information content (AvgIpc) is 3.31. The number of nitrogens with zero attached hydrogens (tertiary/aromatic N) is 6. The van der Waals surface area contributed by atoms with Crippen LogP contribution in [0.15, 0.2) is 47.8 Å². The number of fused-ring (bicyclic) bond motifs is 1. The number of para-hydroxylation sites is 1. The van der Waals surface area contributed by atoms with Gasteiger partial charge in [-0.25, -0.2) is 20.2 Å². The van der Waals surface area contributed by atoms with Gasteiger partial charge in [-0.15, -0.1) is 5.10 Å². The molecule has 11 nitrogen and oxygen atoms in total. The second-order valence-corrected chi connectivity index (χ2v) is 7.26. The number of hydrogen-bond donors (Lipinski definition) is 3. The maximum absolute atomic E-state index is 14.3. The summed E-state index contributed by atoms with van der Waals surface area (Å²) in [4.78, 5) is 35.3. The average molecular weight is 449 g/mol. The molecule has 0 aliphatic carbocycles. The third-order valence-corrected chi connectivity index (χ3v) is 5.42. The van der Waals surface area contributed by atoms with Crippen molar-refractivity contribution in [1.29, 1.82) is 5.26 Å². The number of benzene rings is 1. The Labute approximate surface area is 187 Å². The lowest BCUT2D eigenvalue weighted by Crippen LogP contribution is -2.57. The third-order valence-electron chi connectivity index (χ3n) is 5.42. The zero-order valence-electron chi connectivity index (χ0n) is 17.4. The van der Waals surface area contributed by atoms with Crippen LogP contribution >= 0.6 is 0 Å². The van der Waals surface area contributed by atoms with E-state index in [2.05, 4.69) is 15.1 Å². The number of piperazine rings is 1. The van der Waals surface area contributed by atoms with Crippen molar-refractivity contribution < 1.29 is 14.0 Å². The molecular formula is C21H20FN9O2. The molecule has 0 radical (unpaired) electrons. The quantitative estimate of drug-likeness (QED) is 0.130. The van der Waals surface area contributed by atoms with Gasteiger partial charge in [0, 0.05) is 32.4 Å². The van der Waals surface area contributed by atoms with E-state index in [1.165, 1.54) is 16.1 Å². The van der Waals surface area contributed by atoms with E-state index < -0.39 is 17.5 Å². The molecule has 1 saturated heterocycles. The molecule has 0 unspecified atom stereocenters. The molecule has 168 valence electrons. The molecule has 3 aromatic rings. The number of carbonyl (C=O) groups excluding carboxylic acids is 2. The minimum atomic E-state index is -0.874. The van der Waals surface area contributed by atoms with Crippen molar-refractivity contribution in [2.75, 3.05) is 31.2 Å². The molecule has 0 saturated carbocycles. The fourth-order valence-electron chi connectivity index (χ4n) is 3.74. The van der Waals surface area contributed by atoms with Crippen LogP contribution in [0.3, 0.4) is 0 Å². The van der Waals surface area contributed by atoms with E-state index in [0.717, 1.165) is 6.20 Å². The maximum Gasteiger partial charge on any atom is 0.295 e. The van der Waals surface area contributed by atoms with Crippen molar-refractivity contribution in [1.82, 2.24) is 19.8 Å². The highest BCUT2D eigenvalue weighted by molar-refractivity contribution is 6.45. The minimum Gasteiger partial charge on any atom is -0.358 e. The summed E-state index contributed by atoms with van der Waals surface area (Å²) in [5, 5.41) is 14.1. The molecule has 0 atom stereocenters. The Morgan fingerprint density at radius 1 is 1.18 bits per heavy atom. The highest BCUT2D eigenvalue weighted by Gasteiger charge is 2.31. The molecule has 1 amide bonds. The van der Waals surface area contributed by atoms with E-state index in [1.807, 2.05) is 24.3 Å². The number of halogens is 1. The number of nitrogens with two attached hydrogens (primary N) is 2. The van der Waals surface area contributed by atoms with Crippen molar-refractivity contribution in [3.05, 3.63) is 59.8 Å². The smallest absolute Gasteiger partial charge is 0.295 e. The Hall–Kier alpha value is -4.50. The molecular weight excluding hydrogens is 429 g/mol. The molecule has 3 heterocycles. The van der Waals surface area contributed by atoms with Gasteiger partial charge in [0.15, 0.2) is 11.5 Å². The van der Waals surface area contributed by atoms with E-state index in [0.29, 0.717) is 24.7 Å². The van der Waals surface area contributed by atoms with Crippen molar-refractivity contribution in [3.8, 4) is 6.07 Å². The van der Waals surface area contributed by atoms with Crippen LogP contribution in [0.4, 0.5) is 10.1 Å². The number of anilines is 1. The van der Waals surface area contributed by atoms with Gasteiger partial charge in [0.2, 0.25) is 5.96 Å².